The molecule has 1 fully saturated rings. The highest BCUT2D eigenvalue weighted by Crippen LogP contribution is 2.30. The van der Waals surface area contributed by atoms with Crippen LogP contribution in [0.2, 0.25) is 0 Å². The number of carbonyl (C=O) groups is 1. The van der Waals surface area contributed by atoms with E-state index in [1.807, 2.05) is 30.0 Å². The average molecular weight is 314 g/mol. The number of likely N-dealkylation sites (tertiary alicyclic amines) is 1. The number of thiazole rings is 1. The van der Waals surface area contributed by atoms with Crippen LogP contribution in [0, 0.1) is 20.8 Å². The van der Waals surface area contributed by atoms with Gasteiger partial charge in [0.15, 0.2) is 0 Å². The van der Waals surface area contributed by atoms with E-state index in [1.54, 1.807) is 11.3 Å². The normalized spacial score (nSPS) is 16.0. The fourth-order valence-electron chi connectivity index (χ4n) is 2.95. The van der Waals surface area contributed by atoms with Gasteiger partial charge < -0.3 is 4.90 Å². The predicted octanol–water partition coefficient (Wildman–Crippen LogP) is 4.09. The highest BCUT2D eigenvalue weighted by molar-refractivity contribution is 7.09. The van der Waals surface area contributed by atoms with E-state index in [0.717, 1.165) is 37.2 Å². The molecule has 116 valence electrons. The third kappa shape index (κ3) is 3.07. The molecule has 3 rings (SSSR count). The Labute approximate surface area is 136 Å². The lowest BCUT2D eigenvalue weighted by Crippen LogP contribution is -2.37. The SMILES string of the molecule is Cc1csc(C2CCN(C(=O)c3ccc(C)c(C)c3)CC2)n1. The summed E-state index contributed by atoms with van der Waals surface area (Å²) in [5, 5.41) is 3.35. The van der Waals surface area contributed by atoms with E-state index in [2.05, 4.69) is 24.2 Å². The lowest BCUT2D eigenvalue weighted by molar-refractivity contribution is 0.0713. The van der Waals surface area contributed by atoms with Crippen molar-refractivity contribution in [1.29, 1.82) is 0 Å². The summed E-state index contributed by atoms with van der Waals surface area (Å²) in [5.41, 5.74) is 4.33. The molecule has 1 aliphatic rings. The van der Waals surface area contributed by atoms with Gasteiger partial charge in [-0.2, -0.15) is 0 Å². The van der Waals surface area contributed by atoms with Crippen molar-refractivity contribution < 1.29 is 4.79 Å². The summed E-state index contributed by atoms with van der Waals surface area (Å²) in [5.74, 6) is 0.680. The first-order chi connectivity index (χ1) is 10.5. The molecule has 0 aliphatic carbocycles. The standard InChI is InChI=1S/C18H22N2OS/c1-12-4-5-16(10-13(12)2)18(21)20-8-6-15(7-9-20)17-19-14(3)11-22-17/h4-5,10-11,15H,6-9H2,1-3H3. The number of aromatic nitrogens is 1. The van der Waals surface area contributed by atoms with Gasteiger partial charge in [-0.1, -0.05) is 6.07 Å². The van der Waals surface area contributed by atoms with Crippen LogP contribution in [0.15, 0.2) is 23.6 Å². The fourth-order valence-corrected chi connectivity index (χ4v) is 3.92. The predicted molar refractivity (Wildman–Crippen MR) is 90.6 cm³/mol. The maximum Gasteiger partial charge on any atom is 0.253 e. The first kappa shape index (κ1) is 15.2. The van der Waals surface area contributed by atoms with Gasteiger partial charge in [0.05, 0.1) is 5.01 Å². The molecule has 1 aromatic carbocycles. The van der Waals surface area contributed by atoms with E-state index >= 15 is 0 Å². The van der Waals surface area contributed by atoms with Crippen molar-refractivity contribution in [3.8, 4) is 0 Å². The Bertz CT molecular complexity index is 684. The van der Waals surface area contributed by atoms with Crippen molar-refractivity contribution in [2.24, 2.45) is 0 Å². The Morgan fingerprint density at radius 1 is 1.18 bits per heavy atom. The van der Waals surface area contributed by atoms with E-state index in [1.165, 1.54) is 16.1 Å². The Morgan fingerprint density at radius 3 is 2.50 bits per heavy atom. The summed E-state index contributed by atoms with van der Waals surface area (Å²) < 4.78 is 0. The third-order valence-corrected chi connectivity index (χ3v) is 5.65. The Hall–Kier alpha value is -1.68. The largest absolute Gasteiger partial charge is 0.339 e. The van der Waals surface area contributed by atoms with Gasteiger partial charge in [-0.3, -0.25) is 4.79 Å². The highest BCUT2D eigenvalue weighted by atomic mass is 32.1. The van der Waals surface area contributed by atoms with Gasteiger partial charge >= 0.3 is 0 Å². The number of hydrogen-bond acceptors (Lipinski definition) is 3. The van der Waals surface area contributed by atoms with Crippen LogP contribution in [-0.2, 0) is 0 Å². The average Bonchev–Trinajstić information content (AvgIpc) is 2.96. The van der Waals surface area contributed by atoms with Gasteiger partial charge in [-0.05, 0) is 56.9 Å². The van der Waals surface area contributed by atoms with E-state index in [9.17, 15) is 4.79 Å². The Morgan fingerprint density at radius 2 is 1.91 bits per heavy atom. The van der Waals surface area contributed by atoms with E-state index in [0.29, 0.717) is 5.92 Å². The van der Waals surface area contributed by atoms with E-state index in [4.69, 9.17) is 0 Å². The van der Waals surface area contributed by atoms with Crippen LogP contribution in [0.5, 0.6) is 0 Å². The molecule has 1 saturated heterocycles. The van der Waals surface area contributed by atoms with Crippen LogP contribution < -0.4 is 0 Å². The molecule has 0 unspecified atom stereocenters. The molecule has 2 aromatic rings. The molecule has 0 bridgehead atoms. The number of aryl methyl sites for hydroxylation is 3. The Kier molecular flexibility index (Phi) is 4.30. The maximum absolute atomic E-state index is 12.6. The van der Waals surface area contributed by atoms with Crippen molar-refractivity contribution in [1.82, 2.24) is 9.88 Å². The van der Waals surface area contributed by atoms with Gasteiger partial charge in [0.1, 0.15) is 0 Å². The lowest BCUT2D eigenvalue weighted by atomic mass is 9.96. The van der Waals surface area contributed by atoms with Gasteiger partial charge in [-0.25, -0.2) is 4.98 Å². The molecule has 2 heterocycles. The molecular formula is C18H22N2OS. The van der Waals surface area contributed by atoms with Crippen molar-refractivity contribution in [3.05, 3.63) is 51.0 Å². The van der Waals surface area contributed by atoms with Crippen LogP contribution in [-0.4, -0.2) is 28.9 Å². The Balaban J connectivity index is 1.65. The first-order valence-electron chi connectivity index (χ1n) is 7.83. The molecule has 0 atom stereocenters. The van der Waals surface area contributed by atoms with Crippen LogP contribution in [0.25, 0.3) is 0 Å². The molecule has 4 heteroatoms. The van der Waals surface area contributed by atoms with Crippen molar-refractivity contribution in [3.63, 3.8) is 0 Å². The molecule has 3 nitrogen and oxygen atoms in total. The topological polar surface area (TPSA) is 33.2 Å². The van der Waals surface area contributed by atoms with Crippen LogP contribution in [0.1, 0.15) is 50.9 Å². The minimum atomic E-state index is 0.164. The summed E-state index contributed by atoms with van der Waals surface area (Å²) >= 11 is 1.75. The first-order valence-corrected chi connectivity index (χ1v) is 8.71. The fraction of sp³-hybridized carbons (Fsp3) is 0.444. The highest BCUT2D eigenvalue weighted by Gasteiger charge is 2.26. The smallest absolute Gasteiger partial charge is 0.253 e. The van der Waals surface area contributed by atoms with Gasteiger partial charge in [0, 0.05) is 35.6 Å². The summed E-state index contributed by atoms with van der Waals surface area (Å²) in [4.78, 5) is 19.2. The number of piperidine rings is 1. The maximum atomic E-state index is 12.6. The van der Waals surface area contributed by atoms with Crippen molar-refractivity contribution in [2.75, 3.05) is 13.1 Å². The van der Waals surface area contributed by atoms with Crippen molar-refractivity contribution in [2.45, 2.75) is 39.5 Å². The van der Waals surface area contributed by atoms with Crippen LogP contribution >= 0.6 is 11.3 Å². The quantitative estimate of drug-likeness (QED) is 0.836. The van der Waals surface area contributed by atoms with Gasteiger partial charge in [0.2, 0.25) is 0 Å². The number of rotatable bonds is 2. The summed E-state index contributed by atoms with van der Waals surface area (Å²) in [6, 6.07) is 5.99. The molecule has 1 aliphatic heterocycles. The van der Waals surface area contributed by atoms with E-state index in [-0.39, 0.29) is 5.91 Å². The van der Waals surface area contributed by atoms with Crippen LogP contribution in [0.3, 0.4) is 0 Å². The minimum Gasteiger partial charge on any atom is -0.339 e. The summed E-state index contributed by atoms with van der Waals surface area (Å²) in [6.45, 7) is 7.83. The molecule has 1 amide bonds. The lowest BCUT2D eigenvalue weighted by Gasteiger charge is -2.31. The van der Waals surface area contributed by atoms with Gasteiger partial charge in [-0.15, -0.1) is 11.3 Å². The van der Waals surface area contributed by atoms with Gasteiger partial charge in [0.25, 0.3) is 5.91 Å². The second-order valence-electron chi connectivity index (χ2n) is 6.19. The monoisotopic (exact) mass is 314 g/mol. The van der Waals surface area contributed by atoms with Crippen LogP contribution in [0.4, 0.5) is 0 Å². The number of amides is 1. The van der Waals surface area contributed by atoms with Crippen molar-refractivity contribution >= 4 is 17.2 Å². The number of benzene rings is 1. The number of hydrogen-bond donors (Lipinski definition) is 0. The summed E-state index contributed by atoms with van der Waals surface area (Å²) in [6.07, 6.45) is 2.03. The molecule has 22 heavy (non-hydrogen) atoms. The molecule has 0 radical (unpaired) electrons. The molecule has 0 N–H and O–H groups in total. The zero-order valence-electron chi connectivity index (χ0n) is 13.4. The third-order valence-electron chi connectivity index (χ3n) is 4.52. The second-order valence-corrected chi connectivity index (χ2v) is 7.08. The number of carbonyl (C=O) groups excluding carboxylic acids is 1. The summed E-state index contributed by atoms with van der Waals surface area (Å²) in [7, 11) is 0. The van der Waals surface area contributed by atoms with E-state index < -0.39 is 0 Å². The molecule has 0 spiro atoms. The molecular weight excluding hydrogens is 292 g/mol. The number of nitrogens with zero attached hydrogens (tertiary/aromatic N) is 2. The zero-order chi connectivity index (χ0) is 15.7. The molecule has 0 saturated carbocycles. The second kappa shape index (κ2) is 6.21. The minimum absolute atomic E-state index is 0.164. The zero-order valence-corrected chi connectivity index (χ0v) is 14.2. The molecule has 1 aromatic heterocycles.